The van der Waals surface area contributed by atoms with Crippen molar-refractivity contribution in [2.24, 2.45) is 0 Å². The second-order valence-corrected chi connectivity index (χ2v) is 6.22. The summed E-state index contributed by atoms with van der Waals surface area (Å²) in [5.74, 6) is 0. The number of thiazole rings is 1. The van der Waals surface area contributed by atoms with Crippen LogP contribution in [0.3, 0.4) is 0 Å². The maximum absolute atomic E-state index is 12.3. The molecule has 0 unspecified atom stereocenters. The Labute approximate surface area is 124 Å². The summed E-state index contributed by atoms with van der Waals surface area (Å²) in [4.78, 5) is 30.6. The SMILES string of the molecule is O=c1c2nccnc2ncn1CCc1nc2c(s1)CCC2. The predicted molar refractivity (Wildman–Crippen MR) is 79.4 cm³/mol. The number of rotatable bonds is 3. The van der Waals surface area contributed by atoms with E-state index in [9.17, 15) is 4.79 Å². The van der Waals surface area contributed by atoms with E-state index in [1.807, 2.05) is 0 Å². The summed E-state index contributed by atoms with van der Waals surface area (Å²) in [6.07, 6.45) is 8.82. The summed E-state index contributed by atoms with van der Waals surface area (Å²) < 4.78 is 1.59. The lowest BCUT2D eigenvalue weighted by molar-refractivity contribution is 0.657. The van der Waals surface area contributed by atoms with Gasteiger partial charge in [-0.1, -0.05) is 0 Å². The molecular weight excluding hydrogens is 286 g/mol. The highest BCUT2D eigenvalue weighted by molar-refractivity contribution is 7.11. The zero-order valence-corrected chi connectivity index (χ0v) is 12.1. The first-order chi connectivity index (χ1) is 10.3. The number of aromatic nitrogens is 5. The summed E-state index contributed by atoms with van der Waals surface area (Å²) in [7, 11) is 0. The zero-order chi connectivity index (χ0) is 14.2. The Morgan fingerprint density at radius 1 is 1.19 bits per heavy atom. The van der Waals surface area contributed by atoms with Crippen LogP contribution in [0.25, 0.3) is 11.2 Å². The van der Waals surface area contributed by atoms with E-state index < -0.39 is 0 Å². The lowest BCUT2D eigenvalue weighted by Gasteiger charge is -2.04. The van der Waals surface area contributed by atoms with Gasteiger partial charge < -0.3 is 0 Å². The van der Waals surface area contributed by atoms with Crippen LogP contribution in [-0.2, 0) is 25.8 Å². The standard InChI is InChI=1S/C14H13N5OS/c20-14-12-13(16-6-5-15-12)17-8-19(14)7-4-11-18-9-2-1-3-10(9)21-11/h5-6,8H,1-4,7H2. The molecule has 3 aromatic rings. The second kappa shape index (κ2) is 5.00. The largest absolute Gasteiger partial charge is 0.297 e. The van der Waals surface area contributed by atoms with Gasteiger partial charge in [0.15, 0.2) is 11.2 Å². The molecule has 6 nitrogen and oxygen atoms in total. The molecule has 1 aliphatic carbocycles. The smallest absolute Gasteiger partial charge is 0.281 e. The third-order valence-electron chi connectivity index (χ3n) is 3.67. The van der Waals surface area contributed by atoms with Crippen LogP contribution in [0.1, 0.15) is 22.0 Å². The van der Waals surface area contributed by atoms with Crippen molar-refractivity contribution >= 4 is 22.5 Å². The van der Waals surface area contributed by atoms with Crippen molar-refractivity contribution in [3.05, 3.63) is 44.7 Å². The van der Waals surface area contributed by atoms with E-state index in [4.69, 9.17) is 0 Å². The van der Waals surface area contributed by atoms with E-state index >= 15 is 0 Å². The van der Waals surface area contributed by atoms with Crippen molar-refractivity contribution in [2.75, 3.05) is 0 Å². The summed E-state index contributed by atoms with van der Waals surface area (Å²) in [6.45, 7) is 0.574. The molecule has 0 saturated carbocycles. The Balaban J connectivity index is 1.59. The molecule has 0 spiro atoms. The Hall–Kier alpha value is -2.15. The lowest BCUT2D eigenvalue weighted by atomic mass is 10.3. The molecule has 0 bridgehead atoms. The quantitative estimate of drug-likeness (QED) is 0.730. The summed E-state index contributed by atoms with van der Waals surface area (Å²) in [6, 6.07) is 0. The number of hydrogen-bond donors (Lipinski definition) is 0. The third-order valence-corrected chi connectivity index (χ3v) is 4.89. The van der Waals surface area contributed by atoms with Gasteiger partial charge in [0.05, 0.1) is 10.7 Å². The van der Waals surface area contributed by atoms with Crippen LogP contribution in [0.2, 0.25) is 0 Å². The topological polar surface area (TPSA) is 73.6 Å². The van der Waals surface area contributed by atoms with Gasteiger partial charge in [0, 0.05) is 30.2 Å². The fourth-order valence-electron chi connectivity index (χ4n) is 2.62. The van der Waals surface area contributed by atoms with Gasteiger partial charge in [-0.3, -0.25) is 9.36 Å². The highest BCUT2D eigenvalue weighted by Crippen LogP contribution is 2.27. The van der Waals surface area contributed by atoms with Crippen molar-refractivity contribution in [1.29, 1.82) is 0 Å². The van der Waals surface area contributed by atoms with Crippen LogP contribution in [0.15, 0.2) is 23.5 Å². The Morgan fingerprint density at radius 3 is 3.00 bits per heavy atom. The molecule has 1 aliphatic rings. The van der Waals surface area contributed by atoms with Crippen LogP contribution in [-0.4, -0.2) is 24.5 Å². The van der Waals surface area contributed by atoms with Crippen molar-refractivity contribution < 1.29 is 0 Å². The fraction of sp³-hybridized carbons (Fsp3) is 0.357. The summed E-state index contributed by atoms with van der Waals surface area (Å²) >= 11 is 1.78. The predicted octanol–water partition coefficient (Wildman–Crippen LogP) is 1.37. The molecule has 0 saturated heterocycles. The van der Waals surface area contributed by atoms with Gasteiger partial charge in [-0.25, -0.2) is 19.9 Å². The number of hydrogen-bond acceptors (Lipinski definition) is 6. The Bertz CT molecular complexity index is 848. The maximum atomic E-state index is 12.3. The van der Waals surface area contributed by atoms with Crippen LogP contribution in [0.4, 0.5) is 0 Å². The van der Waals surface area contributed by atoms with Crippen LogP contribution in [0, 0.1) is 0 Å². The average Bonchev–Trinajstić information content (AvgIpc) is 3.08. The molecule has 0 amide bonds. The molecule has 0 radical (unpaired) electrons. The monoisotopic (exact) mass is 299 g/mol. The number of fused-ring (bicyclic) bond motifs is 2. The molecule has 3 heterocycles. The molecule has 0 aromatic carbocycles. The third kappa shape index (κ3) is 2.23. The maximum Gasteiger partial charge on any atom is 0.281 e. The first kappa shape index (κ1) is 12.6. The Kier molecular flexibility index (Phi) is 2.99. The lowest BCUT2D eigenvalue weighted by Crippen LogP contribution is -2.22. The van der Waals surface area contributed by atoms with Crippen molar-refractivity contribution in [2.45, 2.75) is 32.2 Å². The van der Waals surface area contributed by atoms with Crippen LogP contribution >= 0.6 is 11.3 Å². The van der Waals surface area contributed by atoms with Gasteiger partial charge in [-0.05, 0) is 19.3 Å². The van der Waals surface area contributed by atoms with Gasteiger partial charge in [0.1, 0.15) is 6.33 Å². The molecule has 0 fully saturated rings. The first-order valence-electron chi connectivity index (χ1n) is 6.95. The normalized spacial score (nSPS) is 13.7. The van der Waals surface area contributed by atoms with Gasteiger partial charge in [0.25, 0.3) is 5.56 Å². The van der Waals surface area contributed by atoms with Crippen molar-refractivity contribution in [3.8, 4) is 0 Å². The number of nitrogens with zero attached hydrogens (tertiary/aromatic N) is 5. The van der Waals surface area contributed by atoms with E-state index in [2.05, 4.69) is 19.9 Å². The molecule has 106 valence electrons. The summed E-state index contributed by atoms with van der Waals surface area (Å²) in [5, 5.41) is 1.10. The minimum atomic E-state index is -0.141. The number of aryl methyl sites for hydroxylation is 4. The van der Waals surface area contributed by atoms with E-state index in [-0.39, 0.29) is 5.56 Å². The molecule has 7 heteroatoms. The van der Waals surface area contributed by atoms with Gasteiger partial charge in [-0.2, -0.15) is 0 Å². The zero-order valence-electron chi connectivity index (χ0n) is 11.3. The van der Waals surface area contributed by atoms with E-state index in [1.54, 1.807) is 22.2 Å². The summed E-state index contributed by atoms with van der Waals surface area (Å²) in [5.41, 5.74) is 1.83. The van der Waals surface area contributed by atoms with Crippen LogP contribution < -0.4 is 5.56 Å². The molecule has 0 N–H and O–H groups in total. The minimum absolute atomic E-state index is 0.141. The second-order valence-electron chi connectivity index (χ2n) is 5.05. The minimum Gasteiger partial charge on any atom is -0.297 e. The van der Waals surface area contributed by atoms with Gasteiger partial charge in [0.2, 0.25) is 0 Å². The molecule has 4 rings (SSSR count). The molecule has 0 aliphatic heterocycles. The van der Waals surface area contributed by atoms with Gasteiger partial charge >= 0.3 is 0 Å². The molecule has 3 aromatic heterocycles. The van der Waals surface area contributed by atoms with Gasteiger partial charge in [-0.15, -0.1) is 11.3 Å². The van der Waals surface area contributed by atoms with E-state index in [1.165, 1.54) is 29.4 Å². The molecular formula is C14H13N5OS. The van der Waals surface area contributed by atoms with Crippen LogP contribution in [0.5, 0.6) is 0 Å². The van der Waals surface area contributed by atoms with Crippen molar-refractivity contribution in [1.82, 2.24) is 24.5 Å². The Morgan fingerprint density at radius 2 is 2.10 bits per heavy atom. The highest BCUT2D eigenvalue weighted by Gasteiger charge is 2.16. The van der Waals surface area contributed by atoms with Crippen molar-refractivity contribution in [3.63, 3.8) is 0 Å². The van der Waals surface area contributed by atoms with E-state index in [0.717, 1.165) is 24.3 Å². The molecule has 21 heavy (non-hydrogen) atoms. The first-order valence-corrected chi connectivity index (χ1v) is 7.76. The fourth-order valence-corrected chi connectivity index (χ4v) is 3.76. The average molecular weight is 299 g/mol. The highest BCUT2D eigenvalue weighted by atomic mass is 32.1. The van der Waals surface area contributed by atoms with E-state index in [0.29, 0.717) is 17.7 Å². The molecule has 0 atom stereocenters.